The van der Waals surface area contributed by atoms with Crippen LogP contribution in [0, 0.1) is 0 Å². The van der Waals surface area contributed by atoms with Gasteiger partial charge in [0.15, 0.2) is 0 Å². The second-order valence-corrected chi connectivity index (χ2v) is 2.89. The number of nitrogens with two attached hydrogens (primary N) is 2. The van der Waals surface area contributed by atoms with Crippen molar-refractivity contribution < 1.29 is 0 Å². The van der Waals surface area contributed by atoms with E-state index in [-0.39, 0.29) is 0 Å². The first-order chi connectivity index (χ1) is 5.70. The van der Waals surface area contributed by atoms with Crippen LogP contribution in [0.25, 0.3) is 11.0 Å². The summed E-state index contributed by atoms with van der Waals surface area (Å²) in [6, 6.07) is 0. The number of anilines is 2. The SMILES string of the molecule is Nc1c[nH]c2ncc(Cl)c(N)c12. The van der Waals surface area contributed by atoms with E-state index in [1.54, 1.807) is 6.20 Å². The number of nitrogens with one attached hydrogen (secondary N) is 1. The molecule has 0 saturated heterocycles. The van der Waals surface area contributed by atoms with Crippen molar-refractivity contribution in [3.05, 3.63) is 17.4 Å². The van der Waals surface area contributed by atoms with Gasteiger partial charge in [0.2, 0.25) is 0 Å². The first-order valence-electron chi connectivity index (χ1n) is 3.36. The Morgan fingerprint density at radius 3 is 2.92 bits per heavy atom. The Morgan fingerprint density at radius 1 is 1.42 bits per heavy atom. The number of pyridine rings is 1. The molecule has 0 atom stereocenters. The van der Waals surface area contributed by atoms with Crippen molar-refractivity contribution in [2.24, 2.45) is 0 Å². The molecule has 0 fully saturated rings. The van der Waals surface area contributed by atoms with Gasteiger partial charge in [0.25, 0.3) is 0 Å². The van der Waals surface area contributed by atoms with Crippen LogP contribution in [-0.2, 0) is 0 Å². The highest BCUT2D eigenvalue weighted by Gasteiger charge is 2.07. The minimum Gasteiger partial charge on any atom is -0.397 e. The molecule has 12 heavy (non-hydrogen) atoms. The van der Waals surface area contributed by atoms with Gasteiger partial charge in [-0.1, -0.05) is 11.6 Å². The number of fused-ring (bicyclic) bond motifs is 1. The molecule has 5 N–H and O–H groups in total. The molecule has 0 spiro atoms. The van der Waals surface area contributed by atoms with Gasteiger partial charge < -0.3 is 16.5 Å². The molecule has 2 aromatic rings. The molecular weight excluding hydrogens is 176 g/mol. The number of halogens is 1. The first-order valence-corrected chi connectivity index (χ1v) is 3.74. The standard InChI is InChI=1S/C7H7ClN4/c8-3-1-11-7-5(6(3)10)4(9)2-12-7/h1-2H,9H2,(H3,10,11,12). The van der Waals surface area contributed by atoms with Gasteiger partial charge in [-0.15, -0.1) is 0 Å². The van der Waals surface area contributed by atoms with Crippen molar-refractivity contribution in [2.75, 3.05) is 11.5 Å². The summed E-state index contributed by atoms with van der Waals surface area (Å²) in [5.41, 5.74) is 13.0. The summed E-state index contributed by atoms with van der Waals surface area (Å²) in [7, 11) is 0. The van der Waals surface area contributed by atoms with Crippen LogP contribution in [0.15, 0.2) is 12.4 Å². The zero-order valence-corrected chi connectivity index (χ0v) is 6.89. The van der Waals surface area contributed by atoms with E-state index in [9.17, 15) is 0 Å². The third-order valence-electron chi connectivity index (χ3n) is 1.72. The summed E-state index contributed by atoms with van der Waals surface area (Å²) in [6.07, 6.45) is 3.14. The fourth-order valence-electron chi connectivity index (χ4n) is 1.12. The number of aromatic amines is 1. The molecule has 2 heterocycles. The average molecular weight is 183 g/mol. The largest absolute Gasteiger partial charge is 0.397 e. The second kappa shape index (κ2) is 2.28. The van der Waals surface area contributed by atoms with Crippen LogP contribution in [0.4, 0.5) is 11.4 Å². The van der Waals surface area contributed by atoms with E-state index >= 15 is 0 Å². The predicted molar refractivity (Wildman–Crippen MR) is 49.9 cm³/mol. The third-order valence-corrected chi connectivity index (χ3v) is 2.02. The summed E-state index contributed by atoms with van der Waals surface area (Å²) in [5.74, 6) is 0. The quantitative estimate of drug-likeness (QED) is 0.576. The minimum atomic E-state index is 0.425. The zero-order valence-electron chi connectivity index (χ0n) is 6.13. The lowest BCUT2D eigenvalue weighted by Gasteiger charge is -1.98. The molecule has 0 amide bonds. The van der Waals surface area contributed by atoms with Crippen LogP contribution in [0.5, 0.6) is 0 Å². The Labute approximate surface area is 73.5 Å². The molecule has 2 aromatic heterocycles. The van der Waals surface area contributed by atoms with Crippen LogP contribution < -0.4 is 11.5 Å². The molecule has 0 aromatic carbocycles. The van der Waals surface area contributed by atoms with Crippen molar-refractivity contribution in [1.82, 2.24) is 9.97 Å². The predicted octanol–water partition coefficient (Wildman–Crippen LogP) is 1.38. The Morgan fingerprint density at radius 2 is 2.17 bits per heavy atom. The van der Waals surface area contributed by atoms with E-state index in [1.807, 2.05) is 0 Å². The Kier molecular flexibility index (Phi) is 1.38. The van der Waals surface area contributed by atoms with Crippen molar-refractivity contribution in [3.63, 3.8) is 0 Å². The number of rotatable bonds is 0. The fraction of sp³-hybridized carbons (Fsp3) is 0. The van der Waals surface area contributed by atoms with Gasteiger partial charge in [0.05, 0.1) is 28.0 Å². The van der Waals surface area contributed by atoms with E-state index in [0.717, 1.165) is 0 Å². The lowest BCUT2D eigenvalue weighted by molar-refractivity contribution is 1.33. The monoisotopic (exact) mass is 182 g/mol. The third kappa shape index (κ3) is 0.816. The maximum atomic E-state index is 5.76. The van der Waals surface area contributed by atoms with Gasteiger partial charge in [-0.05, 0) is 0 Å². The number of H-pyrrole nitrogens is 1. The van der Waals surface area contributed by atoms with Crippen LogP contribution in [0.3, 0.4) is 0 Å². The van der Waals surface area contributed by atoms with E-state index in [2.05, 4.69) is 9.97 Å². The lowest BCUT2D eigenvalue weighted by Crippen LogP contribution is -1.91. The molecular formula is C7H7ClN4. The minimum absolute atomic E-state index is 0.425. The van der Waals surface area contributed by atoms with E-state index < -0.39 is 0 Å². The molecule has 4 nitrogen and oxygen atoms in total. The number of nitrogen functional groups attached to an aromatic ring is 2. The van der Waals surface area contributed by atoms with Crippen molar-refractivity contribution in [3.8, 4) is 0 Å². The smallest absolute Gasteiger partial charge is 0.141 e. The van der Waals surface area contributed by atoms with Gasteiger partial charge in [0.1, 0.15) is 5.65 Å². The van der Waals surface area contributed by atoms with Crippen molar-refractivity contribution in [1.29, 1.82) is 0 Å². The summed E-state index contributed by atoms with van der Waals surface area (Å²) in [5, 5.41) is 1.12. The molecule has 0 saturated carbocycles. The summed E-state index contributed by atoms with van der Waals surface area (Å²) >= 11 is 5.76. The maximum absolute atomic E-state index is 5.76. The maximum Gasteiger partial charge on any atom is 0.141 e. The van der Waals surface area contributed by atoms with Crippen LogP contribution in [0.2, 0.25) is 5.02 Å². The van der Waals surface area contributed by atoms with Gasteiger partial charge in [-0.3, -0.25) is 0 Å². The average Bonchev–Trinajstić information content (AvgIpc) is 2.41. The highest BCUT2D eigenvalue weighted by molar-refractivity contribution is 6.34. The number of nitrogens with zero attached hydrogens (tertiary/aromatic N) is 1. The Hall–Kier alpha value is -1.42. The Balaban J connectivity index is 2.96. The van der Waals surface area contributed by atoms with E-state index in [4.69, 9.17) is 23.1 Å². The molecule has 0 unspecified atom stereocenters. The zero-order chi connectivity index (χ0) is 8.72. The molecule has 2 rings (SSSR count). The van der Waals surface area contributed by atoms with Gasteiger partial charge in [-0.25, -0.2) is 4.98 Å². The highest BCUT2D eigenvalue weighted by Crippen LogP contribution is 2.30. The Bertz CT molecular complexity index is 434. The lowest BCUT2D eigenvalue weighted by atomic mass is 10.2. The molecule has 0 bridgehead atoms. The molecule has 62 valence electrons. The van der Waals surface area contributed by atoms with Crippen molar-refractivity contribution >= 4 is 34.0 Å². The molecule has 5 heteroatoms. The number of hydrogen-bond donors (Lipinski definition) is 3. The summed E-state index contributed by atoms with van der Waals surface area (Å²) in [6.45, 7) is 0. The summed E-state index contributed by atoms with van der Waals surface area (Å²) in [4.78, 5) is 6.90. The fourth-order valence-corrected chi connectivity index (χ4v) is 1.27. The van der Waals surface area contributed by atoms with E-state index in [1.165, 1.54) is 6.20 Å². The van der Waals surface area contributed by atoms with Crippen LogP contribution in [-0.4, -0.2) is 9.97 Å². The van der Waals surface area contributed by atoms with Gasteiger partial charge >= 0.3 is 0 Å². The first kappa shape index (κ1) is 7.24. The van der Waals surface area contributed by atoms with Crippen molar-refractivity contribution in [2.45, 2.75) is 0 Å². The van der Waals surface area contributed by atoms with Crippen LogP contribution >= 0.6 is 11.6 Å². The molecule has 0 aliphatic heterocycles. The molecule has 0 aliphatic rings. The number of aromatic nitrogens is 2. The molecule has 0 aliphatic carbocycles. The second-order valence-electron chi connectivity index (χ2n) is 2.49. The van der Waals surface area contributed by atoms with Gasteiger partial charge in [-0.2, -0.15) is 0 Å². The normalized spacial score (nSPS) is 10.8. The highest BCUT2D eigenvalue weighted by atomic mass is 35.5. The van der Waals surface area contributed by atoms with E-state index in [0.29, 0.717) is 27.4 Å². The summed E-state index contributed by atoms with van der Waals surface area (Å²) < 4.78 is 0. The van der Waals surface area contributed by atoms with Crippen LogP contribution in [0.1, 0.15) is 0 Å². The number of hydrogen-bond acceptors (Lipinski definition) is 3. The topological polar surface area (TPSA) is 80.7 Å². The van der Waals surface area contributed by atoms with Gasteiger partial charge in [0, 0.05) is 6.20 Å². The molecule has 0 radical (unpaired) electrons.